The third-order valence-electron chi connectivity index (χ3n) is 2.79. The van der Waals surface area contributed by atoms with Crippen LogP contribution in [-0.2, 0) is 11.3 Å². The molecule has 1 saturated heterocycles. The van der Waals surface area contributed by atoms with Crippen LogP contribution in [0.4, 0.5) is 6.01 Å². The van der Waals surface area contributed by atoms with Crippen molar-refractivity contribution in [1.82, 2.24) is 10.3 Å². The molecule has 96 valence electrons. The largest absolute Gasteiger partial charge is 0.432 e. The van der Waals surface area contributed by atoms with E-state index in [9.17, 15) is 0 Å². The second-order valence-corrected chi connectivity index (χ2v) is 4.56. The average Bonchev–Trinajstić information content (AvgIpc) is 2.73. The molecule has 5 nitrogen and oxygen atoms in total. The van der Waals surface area contributed by atoms with Gasteiger partial charge in [-0.15, -0.1) is 0 Å². The zero-order valence-electron chi connectivity index (χ0n) is 10.8. The van der Waals surface area contributed by atoms with Gasteiger partial charge in [0.25, 0.3) is 6.01 Å². The van der Waals surface area contributed by atoms with Gasteiger partial charge in [0.1, 0.15) is 6.26 Å². The van der Waals surface area contributed by atoms with Crippen LogP contribution in [0.1, 0.15) is 26.5 Å². The van der Waals surface area contributed by atoms with Crippen LogP contribution in [0, 0.1) is 0 Å². The van der Waals surface area contributed by atoms with Crippen molar-refractivity contribution in [3.63, 3.8) is 0 Å². The van der Waals surface area contributed by atoms with Gasteiger partial charge in [0.2, 0.25) is 0 Å². The Morgan fingerprint density at radius 1 is 1.41 bits per heavy atom. The lowest BCUT2D eigenvalue weighted by atomic mass is 10.2. The van der Waals surface area contributed by atoms with E-state index in [0.717, 1.165) is 31.9 Å². The first-order chi connectivity index (χ1) is 8.19. The van der Waals surface area contributed by atoms with Crippen LogP contribution in [0.3, 0.4) is 0 Å². The van der Waals surface area contributed by atoms with Gasteiger partial charge in [-0.1, -0.05) is 6.92 Å². The Balaban J connectivity index is 1.98. The molecule has 0 bridgehead atoms. The van der Waals surface area contributed by atoms with Gasteiger partial charge < -0.3 is 19.4 Å². The summed E-state index contributed by atoms with van der Waals surface area (Å²) in [6.07, 6.45) is 2.17. The number of anilines is 1. The maximum Gasteiger partial charge on any atom is 0.297 e. The lowest BCUT2D eigenvalue weighted by Gasteiger charge is -2.34. The topological polar surface area (TPSA) is 50.5 Å². The normalized spacial score (nSPS) is 25.2. The second kappa shape index (κ2) is 5.51. The molecule has 2 unspecified atom stereocenters. The fourth-order valence-corrected chi connectivity index (χ4v) is 2.11. The number of ether oxygens (including phenoxy) is 1. The number of nitrogens with one attached hydrogen (secondary N) is 1. The van der Waals surface area contributed by atoms with Gasteiger partial charge in [-0.2, -0.15) is 4.98 Å². The minimum atomic E-state index is 0.225. The minimum absolute atomic E-state index is 0.225. The third kappa shape index (κ3) is 3.20. The Bertz CT molecular complexity index is 343. The SMILES string of the molecule is CCNCc1coc(N2CC(C)OC(C)C2)n1. The van der Waals surface area contributed by atoms with Crippen LogP contribution >= 0.6 is 0 Å². The molecule has 0 saturated carbocycles. The number of morpholine rings is 1. The molecule has 17 heavy (non-hydrogen) atoms. The average molecular weight is 239 g/mol. The first kappa shape index (κ1) is 12.4. The van der Waals surface area contributed by atoms with Crippen LogP contribution in [0.2, 0.25) is 0 Å². The quantitative estimate of drug-likeness (QED) is 0.860. The van der Waals surface area contributed by atoms with Crippen LogP contribution in [0.15, 0.2) is 10.7 Å². The molecule has 1 aromatic rings. The number of hydrogen-bond donors (Lipinski definition) is 1. The van der Waals surface area contributed by atoms with Crippen molar-refractivity contribution < 1.29 is 9.15 Å². The molecular weight excluding hydrogens is 218 g/mol. The first-order valence-electron chi connectivity index (χ1n) is 6.24. The van der Waals surface area contributed by atoms with E-state index >= 15 is 0 Å². The number of aromatic nitrogens is 1. The van der Waals surface area contributed by atoms with Crippen molar-refractivity contribution in [3.8, 4) is 0 Å². The Kier molecular flexibility index (Phi) is 4.02. The molecule has 0 amide bonds. The van der Waals surface area contributed by atoms with Crippen molar-refractivity contribution in [3.05, 3.63) is 12.0 Å². The van der Waals surface area contributed by atoms with Gasteiger partial charge in [0.15, 0.2) is 0 Å². The Hall–Kier alpha value is -1.07. The molecule has 1 aliphatic heterocycles. The summed E-state index contributed by atoms with van der Waals surface area (Å²) in [5, 5.41) is 3.23. The zero-order valence-corrected chi connectivity index (χ0v) is 10.8. The molecule has 1 aliphatic rings. The fourth-order valence-electron chi connectivity index (χ4n) is 2.11. The van der Waals surface area contributed by atoms with Gasteiger partial charge in [0, 0.05) is 19.6 Å². The van der Waals surface area contributed by atoms with E-state index in [0.29, 0.717) is 6.01 Å². The molecule has 2 atom stereocenters. The molecule has 2 rings (SSSR count). The van der Waals surface area contributed by atoms with Gasteiger partial charge in [-0.25, -0.2) is 0 Å². The van der Waals surface area contributed by atoms with E-state index in [1.54, 1.807) is 6.26 Å². The molecule has 2 heterocycles. The Morgan fingerprint density at radius 3 is 2.76 bits per heavy atom. The summed E-state index contributed by atoms with van der Waals surface area (Å²) in [5.74, 6) is 0. The summed E-state index contributed by atoms with van der Waals surface area (Å²) in [6.45, 7) is 9.60. The van der Waals surface area contributed by atoms with Crippen molar-refractivity contribution in [2.24, 2.45) is 0 Å². The van der Waals surface area contributed by atoms with Crippen molar-refractivity contribution in [2.45, 2.75) is 39.5 Å². The standard InChI is InChI=1S/C12H21N3O2/c1-4-13-5-11-8-16-12(14-11)15-6-9(2)17-10(3)7-15/h8-10,13H,4-7H2,1-3H3. The van der Waals surface area contributed by atoms with Crippen molar-refractivity contribution in [2.75, 3.05) is 24.5 Å². The molecule has 0 aromatic carbocycles. The minimum Gasteiger partial charge on any atom is -0.432 e. The molecule has 0 aliphatic carbocycles. The van der Waals surface area contributed by atoms with Crippen LogP contribution in [-0.4, -0.2) is 36.8 Å². The highest BCUT2D eigenvalue weighted by Gasteiger charge is 2.25. The molecule has 5 heteroatoms. The maximum atomic E-state index is 5.69. The van der Waals surface area contributed by atoms with Gasteiger partial charge in [-0.05, 0) is 20.4 Å². The predicted octanol–water partition coefficient (Wildman–Crippen LogP) is 1.40. The third-order valence-corrected chi connectivity index (χ3v) is 2.79. The smallest absolute Gasteiger partial charge is 0.297 e. The molecule has 0 spiro atoms. The van der Waals surface area contributed by atoms with Crippen LogP contribution in [0.25, 0.3) is 0 Å². The van der Waals surface area contributed by atoms with Gasteiger partial charge in [0.05, 0.1) is 17.9 Å². The number of hydrogen-bond acceptors (Lipinski definition) is 5. The van der Waals surface area contributed by atoms with Crippen LogP contribution < -0.4 is 10.2 Å². The lowest BCUT2D eigenvalue weighted by Crippen LogP contribution is -2.45. The highest BCUT2D eigenvalue weighted by Crippen LogP contribution is 2.19. The number of nitrogens with zero attached hydrogens (tertiary/aromatic N) is 2. The monoisotopic (exact) mass is 239 g/mol. The molecule has 1 N–H and O–H groups in total. The first-order valence-corrected chi connectivity index (χ1v) is 6.24. The number of oxazole rings is 1. The van der Waals surface area contributed by atoms with E-state index in [2.05, 4.69) is 36.0 Å². The molecular formula is C12H21N3O2. The lowest BCUT2D eigenvalue weighted by molar-refractivity contribution is -0.00670. The van der Waals surface area contributed by atoms with Gasteiger partial charge >= 0.3 is 0 Å². The zero-order chi connectivity index (χ0) is 12.3. The van der Waals surface area contributed by atoms with Gasteiger partial charge in [-0.3, -0.25) is 0 Å². The molecule has 1 fully saturated rings. The summed E-state index contributed by atoms with van der Waals surface area (Å²) in [4.78, 5) is 6.63. The van der Waals surface area contributed by atoms with E-state index in [1.807, 2.05) is 0 Å². The Labute approximate surface area is 102 Å². The highest BCUT2D eigenvalue weighted by molar-refractivity contribution is 5.28. The van der Waals surface area contributed by atoms with E-state index in [4.69, 9.17) is 9.15 Å². The summed E-state index contributed by atoms with van der Waals surface area (Å²) in [6, 6.07) is 0.708. The van der Waals surface area contributed by atoms with E-state index in [-0.39, 0.29) is 12.2 Å². The van der Waals surface area contributed by atoms with Crippen molar-refractivity contribution in [1.29, 1.82) is 0 Å². The maximum absolute atomic E-state index is 5.69. The van der Waals surface area contributed by atoms with Crippen LogP contribution in [0.5, 0.6) is 0 Å². The molecule has 1 aromatic heterocycles. The number of rotatable bonds is 4. The van der Waals surface area contributed by atoms with E-state index < -0.39 is 0 Å². The fraction of sp³-hybridized carbons (Fsp3) is 0.750. The van der Waals surface area contributed by atoms with E-state index in [1.165, 1.54) is 0 Å². The summed E-state index contributed by atoms with van der Waals surface area (Å²) in [5.41, 5.74) is 0.952. The highest BCUT2D eigenvalue weighted by atomic mass is 16.5. The summed E-state index contributed by atoms with van der Waals surface area (Å²) >= 11 is 0. The Morgan fingerprint density at radius 2 is 2.12 bits per heavy atom. The van der Waals surface area contributed by atoms with Crippen molar-refractivity contribution >= 4 is 6.01 Å². The second-order valence-electron chi connectivity index (χ2n) is 4.56. The molecule has 0 radical (unpaired) electrons. The predicted molar refractivity (Wildman–Crippen MR) is 66.1 cm³/mol. The summed E-state index contributed by atoms with van der Waals surface area (Å²) < 4.78 is 11.2. The summed E-state index contributed by atoms with van der Waals surface area (Å²) in [7, 11) is 0.